The molecule has 1 aromatic carbocycles. The SMILES string of the molecule is C=C/C=C(\C(C)=C(/C)NC(=C)c1n[nH]/c(=C/C=C(\C)c2cncc(NC(=C)CC3CCCCC3)c2)c1=C)c1cccc(F)c1. The molecular formula is C38H44FN5. The van der Waals surface area contributed by atoms with E-state index in [4.69, 9.17) is 0 Å². The van der Waals surface area contributed by atoms with Crippen LogP contribution in [0.5, 0.6) is 0 Å². The molecule has 4 rings (SSSR count). The van der Waals surface area contributed by atoms with Crippen molar-refractivity contribution >= 4 is 35.2 Å². The Kier molecular flexibility index (Phi) is 11.1. The first-order valence-electron chi connectivity index (χ1n) is 15.2. The topological polar surface area (TPSA) is 65.6 Å². The molecule has 228 valence electrons. The number of H-pyrrole nitrogens is 1. The van der Waals surface area contributed by atoms with Crippen LogP contribution < -0.4 is 21.2 Å². The molecule has 1 aliphatic carbocycles. The van der Waals surface area contributed by atoms with E-state index in [0.29, 0.717) is 11.4 Å². The summed E-state index contributed by atoms with van der Waals surface area (Å²) in [4.78, 5) is 4.45. The molecule has 0 unspecified atom stereocenters. The van der Waals surface area contributed by atoms with Gasteiger partial charge in [0.1, 0.15) is 11.5 Å². The number of aromatic amines is 1. The maximum Gasteiger partial charge on any atom is 0.123 e. The lowest BCUT2D eigenvalue weighted by Gasteiger charge is -2.22. The fourth-order valence-corrected chi connectivity index (χ4v) is 5.58. The van der Waals surface area contributed by atoms with Crippen LogP contribution in [-0.2, 0) is 0 Å². The number of anilines is 1. The molecule has 0 bridgehead atoms. The average Bonchev–Trinajstić information content (AvgIpc) is 3.38. The lowest BCUT2D eigenvalue weighted by Crippen LogP contribution is -2.25. The lowest BCUT2D eigenvalue weighted by molar-refractivity contribution is 0.357. The van der Waals surface area contributed by atoms with E-state index < -0.39 is 0 Å². The minimum atomic E-state index is -0.289. The van der Waals surface area contributed by atoms with E-state index in [0.717, 1.165) is 67.8 Å². The standard InChI is InChI=1S/C38H44FN5/c1-8-13-36(32-16-12-17-34(39)21-32)27(4)29(6)42-30(7)38-28(5)37(43-44-38)19-18-25(2)33-22-35(24-40-23-33)41-26(3)20-31-14-10-9-11-15-31/h8,12-13,16-19,21-24,31,41-43H,1,3,5,7,9-11,14-15,20H2,2,4,6H3/b25-18+,29-27+,36-13+,37-19+. The molecule has 3 N–H and O–H groups in total. The number of hydrogen-bond acceptors (Lipinski definition) is 4. The van der Waals surface area contributed by atoms with Gasteiger partial charge in [0.05, 0.1) is 22.9 Å². The third-order valence-corrected chi connectivity index (χ3v) is 8.18. The molecule has 3 aromatic rings. The monoisotopic (exact) mass is 589 g/mol. The Bertz CT molecular complexity index is 1730. The first-order chi connectivity index (χ1) is 21.2. The van der Waals surface area contributed by atoms with Crippen LogP contribution in [-0.4, -0.2) is 15.2 Å². The molecule has 0 aliphatic heterocycles. The van der Waals surface area contributed by atoms with Gasteiger partial charge in [0.25, 0.3) is 0 Å². The van der Waals surface area contributed by atoms with Gasteiger partial charge in [0.15, 0.2) is 0 Å². The summed E-state index contributed by atoms with van der Waals surface area (Å²) >= 11 is 0. The Morgan fingerprint density at radius 3 is 2.55 bits per heavy atom. The number of nitrogens with zero attached hydrogens (tertiary/aromatic N) is 2. The van der Waals surface area contributed by atoms with Crippen LogP contribution >= 0.6 is 0 Å². The van der Waals surface area contributed by atoms with Gasteiger partial charge in [-0.25, -0.2) is 4.39 Å². The van der Waals surface area contributed by atoms with Gasteiger partial charge < -0.3 is 10.6 Å². The zero-order valence-corrected chi connectivity index (χ0v) is 26.3. The quantitative estimate of drug-likeness (QED) is 0.186. The van der Waals surface area contributed by atoms with Gasteiger partial charge in [-0.05, 0) is 85.2 Å². The summed E-state index contributed by atoms with van der Waals surface area (Å²) in [7, 11) is 0. The Balaban J connectivity index is 1.46. The summed E-state index contributed by atoms with van der Waals surface area (Å²) in [5.74, 6) is 0.442. The van der Waals surface area contributed by atoms with Crippen molar-refractivity contribution in [1.29, 1.82) is 0 Å². The molecule has 0 atom stereocenters. The molecule has 2 heterocycles. The van der Waals surface area contributed by atoms with Gasteiger partial charge in [-0.3, -0.25) is 10.1 Å². The predicted molar refractivity (Wildman–Crippen MR) is 185 cm³/mol. The van der Waals surface area contributed by atoms with Crippen LogP contribution in [0, 0.1) is 11.7 Å². The van der Waals surface area contributed by atoms with Crippen LogP contribution in [0.2, 0.25) is 0 Å². The third kappa shape index (κ3) is 8.44. The summed E-state index contributed by atoms with van der Waals surface area (Å²) < 4.78 is 13.9. The Morgan fingerprint density at radius 1 is 1.05 bits per heavy atom. The van der Waals surface area contributed by atoms with Crippen molar-refractivity contribution in [1.82, 2.24) is 20.5 Å². The number of aromatic nitrogens is 3. The third-order valence-electron chi connectivity index (χ3n) is 8.18. The number of halogens is 1. The van der Waals surface area contributed by atoms with E-state index in [2.05, 4.69) is 65.1 Å². The van der Waals surface area contributed by atoms with Crippen LogP contribution in [0.3, 0.4) is 0 Å². The maximum atomic E-state index is 13.9. The molecular weight excluding hydrogens is 545 g/mol. The number of nitrogens with one attached hydrogen (secondary N) is 3. The van der Waals surface area contributed by atoms with Crippen LogP contribution in [0.25, 0.3) is 29.5 Å². The van der Waals surface area contributed by atoms with Crippen molar-refractivity contribution in [3.8, 4) is 0 Å². The second kappa shape index (κ2) is 15.1. The first kappa shape index (κ1) is 32.2. The molecule has 0 radical (unpaired) electrons. The molecule has 1 saturated carbocycles. The van der Waals surface area contributed by atoms with E-state index in [1.165, 1.54) is 44.2 Å². The highest BCUT2D eigenvalue weighted by atomic mass is 19.1. The number of benzene rings is 1. The molecule has 0 spiro atoms. The molecule has 5 nitrogen and oxygen atoms in total. The van der Waals surface area contributed by atoms with Gasteiger partial charge >= 0.3 is 0 Å². The van der Waals surface area contributed by atoms with E-state index in [9.17, 15) is 4.39 Å². The molecule has 0 saturated heterocycles. The Labute approximate surface area is 261 Å². The zero-order valence-electron chi connectivity index (χ0n) is 26.3. The summed E-state index contributed by atoms with van der Waals surface area (Å²) in [5, 5.41) is 15.9. The normalized spacial score (nSPS) is 15.5. The fourth-order valence-electron chi connectivity index (χ4n) is 5.58. The van der Waals surface area contributed by atoms with Crippen LogP contribution in [0.15, 0.2) is 97.7 Å². The molecule has 1 fully saturated rings. The van der Waals surface area contributed by atoms with Crippen LogP contribution in [0.1, 0.15) is 76.1 Å². The number of rotatable bonds is 12. The van der Waals surface area contributed by atoms with E-state index in [1.807, 2.05) is 50.5 Å². The minimum Gasteiger partial charge on any atom is -0.358 e. The van der Waals surface area contributed by atoms with Crippen molar-refractivity contribution in [2.75, 3.05) is 5.32 Å². The average molecular weight is 590 g/mol. The molecule has 0 amide bonds. The predicted octanol–water partition coefficient (Wildman–Crippen LogP) is 8.26. The summed E-state index contributed by atoms with van der Waals surface area (Å²) in [5.41, 5.74) is 8.75. The van der Waals surface area contributed by atoms with E-state index in [-0.39, 0.29) is 5.82 Å². The largest absolute Gasteiger partial charge is 0.358 e. The first-order valence-corrected chi connectivity index (χ1v) is 15.2. The highest BCUT2D eigenvalue weighted by Crippen LogP contribution is 2.29. The van der Waals surface area contributed by atoms with Gasteiger partial charge in [0.2, 0.25) is 0 Å². The number of hydrogen-bond donors (Lipinski definition) is 3. The van der Waals surface area contributed by atoms with E-state index >= 15 is 0 Å². The summed E-state index contributed by atoms with van der Waals surface area (Å²) in [6.45, 7) is 22.5. The van der Waals surface area contributed by atoms with Gasteiger partial charge in [-0.15, -0.1) is 0 Å². The lowest BCUT2D eigenvalue weighted by atomic mass is 9.86. The van der Waals surface area contributed by atoms with Crippen molar-refractivity contribution in [2.45, 2.75) is 59.3 Å². The fraction of sp³-hybridized carbons (Fsp3) is 0.263. The van der Waals surface area contributed by atoms with Crippen molar-refractivity contribution in [2.24, 2.45) is 5.92 Å². The smallest absolute Gasteiger partial charge is 0.123 e. The molecule has 2 aromatic heterocycles. The summed E-state index contributed by atoms with van der Waals surface area (Å²) in [6, 6.07) is 8.62. The van der Waals surface area contributed by atoms with Crippen molar-refractivity contribution < 1.29 is 4.39 Å². The van der Waals surface area contributed by atoms with Gasteiger partial charge in [-0.2, -0.15) is 5.10 Å². The second-order valence-electron chi connectivity index (χ2n) is 11.6. The second-order valence-corrected chi connectivity index (χ2v) is 11.6. The maximum absolute atomic E-state index is 13.9. The van der Waals surface area contributed by atoms with Gasteiger partial charge in [-0.1, -0.05) is 88.8 Å². The zero-order chi connectivity index (χ0) is 31.6. The van der Waals surface area contributed by atoms with E-state index in [1.54, 1.807) is 12.1 Å². The molecule has 1 aliphatic rings. The molecule has 6 heteroatoms. The van der Waals surface area contributed by atoms with Crippen molar-refractivity contribution in [3.05, 3.63) is 131 Å². The Morgan fingerprint density at radius 2 is 1.82 bits per heavy atom. The molecule has 44 heavy (non-hydrogen) atoms. The number of pyridine rings is 1. The van der Waals surface area contributed by atoms with Gasteiger partial charge in [0, 0.05) is 22.8 Å². The minimum absolute atomic E-state index is 0.289. The Hall–Kier alpha value is -4.71. The summed E-state index contributed by atoms with van der Waals surface area (Å²) in [6.07, 6.45) is 18.9. The highest BCUT2D eigenvalue weighted by molar-refractivity contribution is 5.80. The number of allylic oxidation sites excluding steroid dienone is 8. The van der Waals surface area contributed by atoms with Crippen LogP contribution in [0.4, 0.5) is 10.1 Å². The highest BCUT2D eigenvalue weighted by Gasteiger charge is 2.15. The van der Waals surface area contributed by atoms with Crippen molar-refractivity contribution in [3.63, 3.8) is 0 Å².